The Kier molecular flexibility index (Phi) is 15.0. The maximum absolute atomic E-state index is 10.6. The van der Waals surface area contributed by atoms with Crippen LogP contribution in [0, 0.1) is 0 Å². The Morgan fingerprint density at radius 2 is 0.731 bits per heavy atom. The molecule has 1 amide bonds. The van der Waals surface area contributed by atoms with Gasteiger partial charge in [0, 0.05) is 6.42 Å². The normalized spacial score (nSPS) is 10.5. The molecule has 0 aliphatic carbocycles. The number of carbonyl (C=O) groups excluding carboxylic acids is 1. The molecular formula is C9H10F9NO7. The van der Waals surface area contributed by atoms with Crippen LogP contribution in [-0.4, -0.2) is 57.7 Å². The molecule has 156 valence electrons. The first-order valence-corrected chi connectivity index (χ1v) is 5.29. The molecule has 0 aromatic carbocycles. The highest BCUT2D eigenvalue weighted by Crippen LogP contribution is 2.14. The smallest absolute Gasteiger partial charge is 0.475 e. The summed E-state index contributed by atoms with van der Waals surface area (Å²) in [6.45, 7) is 1.72. The summed E-state index contributed by atoms with van der Waals surface area (Å²) in [4.78, 5) is 36.3. The molecule has 0 radical (unpaired) electrons. The average Bonchev–Trinajstić information content (AvgIpc) is 2.37. The number of alkyl halides is 9. The third kappa shape index (κ3) is 29.3. The fourth-order valence-corrected chi connectivity index (χ4v) is 0. The third-order valence-corrected chi connectivity index (χ3v) is 1.08. The van der Waals surface area contributed by atoms with E-state index in [1.807, 2.05) is 0 Å². The minimum atomic E-state index is -5.08. The Balaban J connectivity index is -0.000000125. The van der Waals surface area contributed by atoms with E-state index in [4.69, 9.17) is 29.7 Å². The van der Waals surface area contributed by atoms with Crippen LogP contribution in [0.3, 0.4) is 0 Å². The molecule has 0 bridgehead atoms. The number of rotatable bonds is 1. The van der Waals surface area contributed by atoms with Crippen molar-refractivity contribution in [3.05, 3.63) is 0 Å². The molecule has 0 aromatic rings. The first kappa shape index (κ1) is 31.1. The Morgan fingerprint density at radius 1 is 0.654 bits per heavy atom. The van der Waals surface area contributed by atoms with Gasteiger partial charge in [0.1, 0.15) is 0 Å². The number of nitrogens with two attached hydrogens (primary N) is 1. The molecule has 26 heavy (non-hydrogen) atoms. The fraction of sp³-hybridized carbons (Fsp3) is 0.556. The first-order valence-electron chi connectivity index (χ1n) is 5.29. The minimum Gasteiger partial charge on any atom is -0.475 e. The quantitative estimate of drug-likeness (QED) is 0.476. The lowest BCUT2D eigenvalue weighted by molar-refractivity contribution is -0.193. The molecule has 0 heterocycles. The lowest BCUT2D eigenvalue weighted by Gasteiger charge is -1.93. The van der Waals surface area contributed by atoms with E-state index in [0.29, 0.717) is 6.42 Å². The highest BCUT2D eigenvalue weighted by atomic mass is 19.4. The second-order valence-corrected chi connectivity index (χ2v) is 3.23. The van der Waals surface area contributed by atoms with E-state index in [0.717, 1.165) is 0 Å². The number of carbonyl (C=O) groups is 4. The average molecular weight is 415 g/mol. The van der Waals surface area contributed by atoms with Crippen LogP contribution in [0.4, 0.5) is 39.5 Å². The highest BCUT2D eigenvalue weighted by molar-refractivity contribution is 5.74. The number of hydrogen-bond acceptors (Lipinski definition) is 4. The van der Waals surface area contributed by atoms with Gasteiger partial charge in [-0.1, -0.05) is 6.92 Å². The molecular weight excluding hydrogens is 405 g/mol. The number of carboxylic acid groups (broad SMARTS) is 3. The van der Waals surface area contributed by atoms with Crippen molar-refractivity contribution in [1.29, 1.82) is 0 Å². The van der Waals surface area contributed by atoms with Gasteiger partial charge in [-0.15, -0.1) is 0 Å². The molecule has 8 nitrogen and oxygen atoms in total. The van der Waals surface area contributed by atoms with E-state index < -0.39 is 36.4 Å². The molecule has 0 unspecified atom stereocenters. The van der Waals surface area contributed by atoms with Crippen LogP contribution < -0.4 is 5.73 Å². The van der Waals surface area contributed by atoms with Crippen molar-refractivity contribution in [2.45, 2.75) is 31.9 Å². The van der Waals surface area contributed by atoms with E-state index in [2.05, 4.69) is 5.73 Å². The van der Waals surface area contributed by atoms with Gasteiger partial charge in [0.25, 0.3) is 0 Å². The second-order valence-electron chi connectivity index (χ2n) is 3.23. The van der Waals surface area contributed by atoms with Gasteiger partial charge in [0.05, 0.1) is 0 Å². The lowest BCUT2D eigenvalue weighted by Crippen LogP contribution is -2.21. The predicted octanol–water partition coefficient (Wildman–Crippen LogP) is 1.78. The third-order valence-electron chi connectivity index (χ3n) is 1.08. The first-order chi connectivity index (χ1) is 11.1. The van der Waals surface area contributed by atoms with Gasteiger partial charge in [0.15, 0.2) is 0 Å². The van der Waals surface area contributed by atoms with E-state index in [-0.39, 0.29) is 5.91 Å². The van der Waals surface area contributed by atoms with Crippen molar-refractivity contribution >= 4 is 23.8 Å². The van der Waals surface area contributed by atoms with Crippen LogP contribution in [0.5, 0.6) is 0 Å². The summed E-state index contributed by atoms with van der Waals surface area (Å²) in [5.41, 5.74) is 4.65. The summed E-state index contributed by atoms with van der Waals surface area (Å²) >= 11 is 0. The second kappa shape index (κ2) is 12.6. The Morgan fingerprint density at radius 3 is 0.731 bits per heavy atom. The summed E-state index contributed by atoms with van der Waals surface area (Å²) in [5.74, 6) is -8.52. The molecule has 0 rings (SSSR count). The van der Waals surface area contributed by atoms with E-state index in [1.54, 1.807) is 6.92 Å². The predicted molar refractivity (Wildman–Crippen MR) is 60.6 cm³/mol. The van der Waals surface area contributed by atoms with Crippen LogP contribution in [0.15, 0.2) is 0 Å². The number of primary amides is 1. The zero-order chi connectivity index (χ0) is 22.5. The number of halogens is 9. The molecule has 0 fully saturated rings. The summed E-state index contributed by atoms with van der Waals surface area (Å²) in [6.07, 6.45) is -14.8. The standard InChI is InChI=1S/C3H7NO.3C2HF3O2/c1-2-3(4)5;3*3-2(4,5)1(6)7/h2H2,1H3,(H2,4,5);3*(H,6,7). The van der Waals surface area contributed by atoms with Gasteiger partial charge in [-0.3, -0.25) is 4.79 Å². The lowest BCUT2D eigenvalue weighted by atomic mass is 10.5. The van der Waals surface area contributed by atoms with Crippen molar-refractivity contribution in [3.63, 3.8) is 0 Å². The molecule has 0 atom stereocenters. The van der Waals surface area contributed by atoms with E-state index >= 15 is 0 Å². The van der Waals surface area contributed by atoms with E-state index in [1.165, 1.54) is 0 Å². The Hall–Kier alpha value is -2.75. The Bertz CT molecular complexity index is 411. The molecule has 0 spiro atoms. The number of amides is 1. The molecule has 0 aromatic heterocycles. The largest absolute Gasteiger partial charge is 0.490 e. The van der Waals surface area contributed by atoms with Crippen LogP contribution >= 0.6 is 0 Å². The van der Waals surface area contributed by atoms with Crippen molar-refractivity contribution in [2.24, 2.45) is 5.73 Å². The molecule has 0 aliphatic rings. The van der Waals surface area contributed by atoms with E-state index in [9.17, 15) is 44.3 Å². The number of carboxylic acids is 3. The van der Waals surface area contributed by atoms with Crippen LogP contribution in [0.2, 0.25) is 0 Å². The summed E-state index contributed by atoms with van der Waals surface area (Å²) < 4.78 is 95.2. The zero-order valence-electron chi connectivity index (χ0n) is 12.2. The van der Waals surface area contributed by atoms with Gasteiger partial charge in [-0.05, 0) is 0 Å². The summed E-state index contributed by atoms with van der Waals surface area (Å²) in [5, 5.41) is 21.4. The van der Waals surface area contributed by atoms with Gasteiger partial charge in [-0.25, -0.2) is 14.4 Å². The van der Waals surface area contributed by atoms with Gasteiger partial charge in [-0.2, -0.15) is 39.5 Å². The van der Waals surface area contributed by atoms with Crippen molar-refractivity contribution in [1.82, 2.24) is 0 Å². The van der Waals surface area contributed by atoms with Crippen LogP contribution in [0.1, 0.15) is 13.3 Å². The van der Waals surface area contributed by atoms with Gasteiger partial charge < -0.3 is 21.1 Å². The highest BCUT2D eigenvalue weighted by Gasteiger charge is 2.39. The van der Waals surface area contributed by atoms with Crippen LogP contribution in [-0.2, 0) is 19.2 Å². The number of hydrogen-bond donors (Lipinski definition) is 4. The van der Waals surface area contributed by atoms with Crippen molar-refractivity contribution < 1.29 is 74.0 Å². The maximum Gasteiger partial charge on any atom is 0.490 e. The SMILES string of the molecule is CCC(N)=O.O=C(O)C(F)(F)F.O=C(O)C(F)(F)F.O=C(O)C(F)(F)F. The minimum absolute atomic E-state index is 0.245. The topological polar surface area (TPSA) is 155 Å². The van der Waals surface area contributed by atoms with Crippen LogP contribution in [0.25, 0.3) is 0 Å². The molecule has 5 N–H and O–H groups in total. The summed E-state index contributed by atoms with van der Waals surface area (Å²) in [6, 6.07) is 0. The van der Waals surface area contributed by atoms with Crippen molar-refractivity contribution in [3.8, 4) is 0 Å². The zero-order valence-corrected chi connectivity index (χ0v) is 12.2. The molecule has 17 heteroatoms. The fourth-order valence-electron chi connectivity index (χ4n) is 0. The monoisotopic (exact) mass is 415 g/mol. The molecule has 0 saturated heterocycles. The molecule has 0 saturated carbocycles. The summed E-state index contributed by atoms with van der Waals surface area (Å²) in [7, 11) is 0. The number of aliphatic carboxylic acids is 3. The van der Waals surface area contributed by atoms with Crippen molar-refractivity contribution in [2.75, 3.05) is 0 Å². The van der Waals surface area contributed by atoms with Gasteiger partial charge >= 0.3 is 36.4 Å². The van der Waals surface area contributed by atoms with Gasteiger partial charge in [0.2, 0.25) is 5.91 Å². The molecule has 0 aliphatic heterocycles. The maximum atomic E-state index is 10.6. The Labute approximate surface area is 137 Å².